The van der Waals surface area contributed by atoms with Crippen molar-refractivity contribution in [3.05, 3.63) is 40.2 Å². The Morgan fingerprint density at radius 3 is 2.52 bits per heavy atom. The lowest BCUT2D eigenvalue weighted by Crippen LogP contribution is -2.05. The molecule has 0 fully saturated rings. The van der Waals surface area contributed by atoms with E-state index in [1.54, 1.807) is 11.7 Å². The number of anilines is 1. The molecule has 114 valence electrons. The molecule has 1 heterocycles. The molecule has 0 aliphatic carbocycles. The normalized spacial score (nSPS) is 11.9. The molecule has 21 heavy (non-hydrogen) atoms. The number of nitrogen functional groups attached to an aromatic ring is 1. The summed E-state index contributed by atoms with van der Waals surface area (Å²) < 4.78 is 39.3. The third-order valence-electron chi connectivity index (χ3n) is 2.98. The standard InChI is InChI=1S/C13H13ClF3N3S/c1-7-9(12(14)20(2)19-7)6-21-11-4-3-8(5-10(11)18)13(15,16)17/h3-5H,6,18H2,1-2H3. The van der Waals surface area contributed by atoms with E-state index in [2.05, 4.69) is 5.10 Å². The van der Waals surface area contributed by atoms with Crippen molar-refractivity contribution in [2.24, 2.45) is 7.05 Å². The summed E-state index contributed by atoms with van der Waals surface area (Å²) in [5.41, 5.74) is 6.69. The Kier molecular flexibility index (Phi) is 4.43. The molecule has 3 nitrogen and oxygen atoms in total. The van der Waals surface area contributed by atoms with Crippen LogP contribution in [0.3, 0.4) is 0 Å². The molecule has 0 radical (unpaired) electrons. The predicted molar refractivity (Wildman–Crippen MR) is 78.4 cm³/mol. The smallest absolute Gasteiger partial charge is 0.398 e. The third-order valence-corrected chi connectivity index (χ3v) is 4.57. The molecule has 0 aliphatic rings. The van der Waals surface area contributed by atoms with Crippen LogP contribution in [0.5, 0.6) is 0 Å². The summed E-state index contributed by atoms with van der Waals surface area (Å²) >= 11 is 7.44. The Labute approximate surface area is 129 Å². The summed E-state index contributed by atoms with van der Waals surface area (Å²) in [7, 11) is 1.73. The van der Waals surface area contributed by atoms with Crippen LogP contribution in [0, 0.1) is 6.92 Å². The molecule has 2 rings (SSSR count). The van der Waals surface area contributed by atoms with Crippen molar-refractivity contribution in [3.8, 4) is 0 Å². The molecule has 2 aromatic rings. The van der Waals surface area contributed by atoms with Gasteiger partial charge in [-0.2, -0.15) is 18.3 Å². The van der Waals surface area contributed by atoms with Gasteiger partial charge in [-0.05, 0) is 25.1 Å². The Bertz CT molecular complexity index is 667. The monoisotopic (exact) mass is 335 g/mol. The van der Waals surface area contributed by atoms with Crippen LogP contribution >= 0.6 is 23.4 Å². The van der Waals surface area contributed by atoms with Crippen LogP contribution in [0.1, 0.15) is 16.8 Å². The van der Waals surface area contributed by atoms with E-state index < -0.39 is 11.7 Å². The minimum atomic E-state index is -4.39. The molecule has 0 aliphatic heterocycles. The number of thioether (sulfide) groups is 1. The summed E-state index contributed by atoms with van der Waals surface area (Å²) in [4.78, 5) is 0.585. The molecule has 1 aromatic carbocycles. The molecule has 0 spiro atoms. The van der Waals surface area contributed by atoms with Gasteiger partial charge in [0.15, 0.2) is 0 Å². The van der Waals surface area contributed by atoms with Crippen LogP contribution in [-0.2, 0) is 19.0 Å². The molecular formula is C13H13ClF3N3S. The van der Waals surface area contributed by atoms with E-state index in [1.165, 1.54) is 17.8 Å². The fraction of sp³-hybridized carbons (Fsp3) is 0.308. The highest BCUT2D eigenvalue weighted by atomic mass is 35.5. The Morgan fingerprint density at radius 2 is 2.05 bits per heavy atom. The quantitative estimate of drug-likeness (QED) is 0.672. The first-order chi connectivity index (χ1) is 9.70. The number of hydrogen-bond acceptors (Lipinski definition) is 3. The van der Waals surface area contributed by atoms with Gasteiger partial charge in [-0.15, -0.1) is 11.8 Å². The van der Waals surface area contributed by atoms with E-state index in [1.807, 2.05) is 6.92 Å². The van der Waals surface area contributed by atoms with Gasteiger partial charge in [0.25, 0.3) is 0 Å². The van der Waals surface area contributed by atoms with Crippen molar-refractivity contribution in [1.29, 1.82) is 0 Å². The summed E-state index contributed by atoms with van der Waals surface area (Å²) in [6.45, 7) is 1.83. The molecule has 2 N–H and O–H groups in total. The second-order valence-corrected chi connectivity index (χ2v) is 5.89. The summed E-state index contributed by atoms with van der Waals surface area (Å²) in [6, 6.07) is 3.35. The van der Waals surface area contributed by atoms with Crippen LogP contribution < -0.4 is 5.73 Å². The zero-order chi connectivity index (χ0) is 15.8. The first-order valence-corrected chi connectivity index (χ1v) is 7.34. The number of rotatable bonds is 3. The topological polar surface area (TPSA) is 43.8 Å². The van der Waals surface area contributed by atoms with Gasteiger partial charge in [-0.1, -0.05) is 11.6 Å². The summed E-state index contributed by atoms with van der Waals surface area (Å²) in [5, 5.41) is 4.70. The van der Waals surface area contributed by atoms with Crippen LogP contribution in [0.4, 0.5) is 18.9 Å². The minimum Gasteiger partial charge on any atom is -0.398 e. The Morgan fingerprint density at radius 1 is 1.38 bits per heavy atom. The predicted octanol–water partition coefficient (Wildman–Crippen LogP) is 4.28. The first kappa shape index (κ1) is 16.0. The maximum Gasteiger partial charge on any atom is 0.416 e. The van der Waals surface area contributed by atoms with Crippen molar-refractivity contribution >= 4 is 29.1 Å². The van der Waals surface area contributed by atoms with Gasteiger partial charge < -0.3 is 5.73 Å². The van der Waals surface area contributed by atoms with Gasteiger partial charge in [0.2, 0.25) is 0 Å². The van der Waals surface area contributed by atoms with Gasteiger partial charge in [0, 0.05) is 28.9 Å². The highest BCUT2D eigenvalue weighted by Crippen LogP contribution is 2.36. The van der Waals surface area contributed by atoms with E-state index in [0.717, 1.165) is 23.4 Å². The molecule has 0 saturated heterocycles. The average Bonchev–Trinajstić information content (AvgIpc) is 2.61. The molecule has 0 amide bonds. The number of benzene rings is 1. The maximum atomic E-state index is 12.6. The van der Waals surface area contributed by atoms with Gasteiger partial charge >= 0.3 is 6.18 Å². The number of hydrogen-bond donors (Lipinski definition) is 1. The Hall–Kier alpha value is -1.34. The van der Waals surface area contributed by atoms with Crippen LogP contribution in [-0.4, -0.2) is 9.78 Å². The maximum absolute atomic E-state index is 12.6. The lowest BCUT2D eigenvalue weighted by atomic mass is 10.2. The second-order valence-electron chi connectivity index (χ2n) is 4.52. The number of alkyl halides is 3. The number of nitrogens with zero attached hydrogens (tertiary/aromatic N) is 2. The number of aryl methyl sites for hydroxylation is 2. The molecule has 0 bridgehead atoms. The van der Waals surface area contributed by atoms with Crippen LogP contribution in [0.15, 0.2) is 23.1 Å². The average molecular weight is 336 g/mol. The fourth-order valence-electron chi connectivity index (χ4n) is 1.84. The third kappa shape index (κ3) is 3.47. The van der Waals surface area contributed by atoms with Crippen molar-refractivity contribution in [2.45, 2.75) is 23.7 Å². The van der Waals surface area contributed by atoms with Crippen molar-refractivity contribution in [3.63, 3.8) is 0 Å². The molecule has 0 unspecified atom stereocenters. The SMILES string of the molecule is Cc1nn(C)c(Cl)c1CSc1ccc(C(F)(F)F)cc1N. The zero-order valence-corrected chi connectivity index (χ0v) is 12.9. The lowest BCUT2D eigenvalue weighted by molar-refractivity contribution is -0.137. The highest BCUT2D eigenvalue weighted by Gasteiger charge is 2.30. The van der Waals surface area contributed by atoms with Crippen LogP contribution in [0.2, 0.25) is 5.15 Å². The highest BCUT2D eigenvalue weighted by molar-refractivity contribution is 7.98. The van der Waals surface area contributed by atoms with E-state index >= 15 is 0 Å². The first-order valence-electron chi connectivity index (χ1n) is 5.97. The van der Waals surface area contributed by atoms with Gasteiger partial charge in [-0.3, -0.25) is 4.68 Å². The van der Waals surface area contributed by atoms with Gasteiger partial charge in [0.1, 0.15) is 5.15 Å². The largest absolute Gasteiger partial charge is 0.416 e. The summed E-state index contributed by atoms with van der Waals surface area (Å²) in [5.74, 6) is 0.494. The van der Waals surface area contributed by atoms with Crippen LogP contribution in [0.25, 0.3) is 0 Å². The molecule has 0 atom stereocenters. The molecule has 1 aromatic heterocycles. The van der Waals surface area contributed by atoms with Gasteiger partial charge in [-0.25, -0.2) is 0 Å². The van der Waals surface area contributed by atoms with Crippen molar-refractivity contribution in [2.75, 3.05) is 5.73 Å². The number of halogens is 4. The van der Waals surface area contributed by atoms with Crippen molar-refractivity contribution in [1.82, 2.24) is 9.78 Å². The van der Waals surface area contributed by atoms with E-state index in [9.17, 15) is 13.2 Å². The summed E-state index contributed by atoms with van der Waals surface area (Å²) in [6.07, 6.45) is -4.39. The number of nitrogens with two attached hydrogens (primary N) is 1. The molecule has 0 saturated carbocycles. The fourth-order valence-corrected chi connectivity index (χ4v) is 3.20. The second kappa shape index (κ2) is 5.81. The zero-order valence-electron chi connectivity index (χ0n) is 11.3. The van der Waals surface area contributed by atoms with E-state index in [4.69, 9.17) is 17.3 Å². The van der Waals surface area contributed by atoms with E-state index in [0.29, 0.717) is 15.8 Å². The van der Waals surface area contributed by atoms with Gasteiger partial charge in [0.05, 0.1) is 11.3 Å². The molecule has 8 heteroatoms. The Balaban J connectivity index is 2.17. The number of aromatic nitrogens is 2. The van der Waals surface area contributed by atoms with E-state index in [-0.39, 0.29) is 5.69 Å². The molecular weight excluding hydrogens is 323 g/mol. The minimum absolute atomic E-state index is 0.104. The van der Waals surface area contributed by atoms with Crippen molar-refractivity contribution < 1.29 is 13.2 Å². The lowest BCUT2D eigenvalue weighted by Gasteiger charge is -2.10.